The number of aromatic nitrogens is 2. The molecule has 1 aromatic heterocycles. The Balaban J connectivity index is 0.000000370. The molecule has 2 heterocycles. The molecule has 11 heteroatoms. The van der Waals surface area contributed by atoms with Crippen LogP contribution in [-0.2, 0) is 27.9 Å². The Morgan fingerprint density at radius 1 is 1.38 bits per heavy atom. The van der Waals surface area contributed by atoms with E-state index in [-0.39, 0.29) is 24.0 Å². The SMILES string of the molecule is CC(C)NC(=O)[C@H]1C[C@@H]2[C@@H](C1)OCCN2Cc1cnn(C)c1.O=C(O)C(F)(F)F. The number of nitrogens with zero attached hydrogens (tertiary/aromatic N) is 3. The van der Waals surface area contributed by atoms with E-state index in [1.807, 2.05) is 31.8 Å². The molecule has 1 saturated carbocycles. The van der Waals surface area contributed by atoms with Crippen molar-refractivity contribution in [2.24, 2.45) is 13.0 Å². The molecule has 164 valence electrons. The number of hydrogen-bond acceptors (Lipinski definition) is 5. The zero-order valence-electron chi connectivity index (χ0n) is 16.6. The van der Waals surface area contributed by atoms with Gasteiger partial charge in [0.1, 0.15) is 0 Å². The van der Waals surface area contributed by atoms with Gasteiger partial charge in [0.15, 0.2) is 0 Å². The first-order chi connectivity index (χ1) is 13.5. The summed E-state index contributed by atoms with van der Waals surface area (Å²) in [5, 5.41) is 14.4. The summed E-state index contributed by atoms with van der Waals surface area (Å²) in [6.07, 6.45) is 0.814. The van der Waals surface area contributed by atoms with Crippen LogP contribution in [0.3, 0.4) is 0 Å². The summed E-state index contributed by atoms with van der Waals surface area (Å²) in [5.41, 5.74) is 1.22. The molecular weight excluding hydrogens is 393 g/mol. The summed E-state index contributed by atoms with van der Waals surface area (Å²) in [4.78, 5) is 23.6. The van der Waals surface area contributed by atoms with Crippen LogP contribution in [0.1, 0.15) is 32.3 Å². The number of fused-ring (bicyclic) bond motifs is 1. The molecule has 1 saturated heterocycles. The topological polar surface area (TPSA) is 96.7 Å². The number of ether oxygens (including phenoxy) is 1. The minimum atomic E-state index is -5.08. The Kier molecular flexibility index (Phi) is 7.64. The van der Waals surface area contributed by atoms with Crippen LogP contribution in [0, 0.1) is 5.92 Å². The number of carboxylic acid groups (broad SMARTS) is 1. The van der Waals surface area contributed by atoms with Gasteiger partial charge in [-0.05, 0) is 26.7 Å². The summed E-state index contributed by atoms with van der Waals surface area (Å²) >= 11 is 0. The van der Waals surface area contributed by atoms with Crippen molar-refractivity contribution in [3.8, 4) is 0 Å². The zero-order chi connectivity index (χ0) is 21.8. The van der Waals surface area contributed by atoms with Crippen molar-refractivity contribution in [3.63, 3.8) is 0 Å². The number of carbonyl (C=O) groups is 2. The molecule has 3 atom stereocenters. The first kappa shape index (κ1) is 23.1. The second-order valence-corrected chi connectivity index (χ2v) is 7.60. The van der Waals surface area contributed by atoms with Gasteiger partial charge < -0.3 is 15.2 Å². The number of nitrogens with one attached hydrogen (secondary N) is 1. The predicted molar refractivity (Wildman–Crippen MR) is 96.8 cm³/mol. The van der Waals surface area contributed by atoms with Crippen molar-refractivity contribution in [1.82, 2.24) is 20.0 Å². The van der Waals surface area contributed by atoms with Crippen LogP contribution >= 0.6 is 0 Å². The number of carboxylic acids is 1. The standard InChI is InChI=1S/C16H26N4O2.C2HF3O2/c1-11(2)18-16(21)13-6-14-15(7-13)22-5-4-20(14)10-12-8-17-19(3)9-12;3-2(4,5)1(6)7/h8-9,11,13-15H,4-7,10H2,1-3H3,(H,18,21);(H,6,7)/t13-,14+,15+;/m0./s1. The monoisotopic (exact) mass is 420 g/mol. The maximum absolute atomic E-state index is 12.3. The lowest BCUT2D eigenvalue weighted by Crippen LogP contribution is -2.47. The Morgan fingerprint density at radius 3 is 2.55 bits per heavy atom. The number of halogens is 3. The lowest BCUT2D eigenvalue weighted by molar-refractivity contribution is -0.192. The van der Waals surface area contributed by atoms with E-state index in [0.29, 0.717) is 6.04 Å². The van der Waals surface area contributed by atoms with Gasteiger partial charge in [-0.1, -0.05) is 0 Å². The summed E-state index contributed by atoms with van der Waals surface area (Å²) < 4.78 is 39.5. The minimum Gasteiger partial charge on any atom is -0.475 e. The van der Waals surface area contributed by atoms with Gasteiger partial charge >= 0.3 is 12.1 Å². The molecule has 0 aromatic carbocycles. The van der Waals surface area contributed by atoms with E-state index in [2.05, 4.69) is 21.5 Å². The van der Waals surface area contributed by atoms with E-state index in [1.165, 1.54) is 5.56 Å². The van der Waals surface area contributed by atoms with Gasteiger partial charge in [0.05, 0.1) is 18.9 Å². The number of aryl methyl sites for hydroxylation is 1. The van der Waals surface area contributed by atoms with E-state index in [1.54, 1.807) is 0 Å². The molecule has 0 spiro atoms. The summed E-state index contributed by atoms with van der Waals surface area (Å²) in [5.74, 6) is -2.51. The lowest BCUT2D eigenvalue weighted by atomic mass is 10.1. The fourth-order valence-electron chi connectivity index (χ4n) is 3.63. The third-order valence-corrected chi connectivity index (χ3v) is 4.84. The van der Waals surface area contributed by atoms with Crippen LogP contribution in [0.2, 0.25) is 0 Å². The van der Waals surface area contributed by atoms with Gasteiger partial charge in [-0.15, -0.1) is 0 Å². The molecule has 2 N–H and O–H groups in total. The van der Waals surface area contributed by atoms with Crippen LogP contribution in [0.25, 0.3) is 0 Å². The molecule has 0 bridgehead atoms. The van der Waals surface area contributed by atoms with E-state index in [0.717, 1.165) is 32.5 Å². The van der Waals surface area contributed by atoms with Crippen molar-refractivity contribution in [2.45, 2.75) is 57.6 Å². The number of hydrogen-bond donors (Lipinski definition) is 2. The highest BCUT2D eigenvalue weighted by Gasteiger charge is 2.43. The van der Waals surface area contributed by atoms with Crippen molar-refractivity contribution in [1.29, 1.82) is 0 Å². The van der Waals surface area contributed by atoms with E-state index >= 15 is 0 Å². The molecule has 1 aliphatic carbocycles. The maximum Gasteiger partial charge on any atom is 0.490 e. The quantitative estimate of drug-likeness (QED) is 0.768. The first-order valence-corrected chi connectivity index (χ1v) is 9.41. The first-order valence-electron chi connectivity index (χ1n) is 9.41. The van der Waals surface area contributed by atoms with Crippen LogP contribution < -0.4 is 5.32 Å². The van der Waals surface area contributed by atoms with Crippen LogP contribution in [0.4, 0.5) is 13.2 Å². The molecule has 1 aliphatic heterocycles. The van der Waals surface area contributed by atoms with Crippen LogP contribution in [0.15, 0.2) is 12.4 Å². The average molecular weight is 420 g/mol. The third-order valence-electron chi connectivity index (χ3n) is 4.84. The van der Waals surface area contributed by atoms with E-state index in [4.69, 9.17) is 14.6 Å². The normalized spacial score (nSPS) is 24.6. The molecule has 3 rings (SSSR count). The third kappa shape index (κ3) is 6.70. The highest BCUT2D eigenvalue weighted by atomic mass is 19.4. The van der Waals surface area contributed by atoms with Gasteiger partial charge in [0, 0.05) is 49.9 Å². The molecule has 8 nitrogen and oxygen atoms in total. The summed E-state index contributed by atoms with van der Waals surface area (Å²) in [6.45, 7) is 6.57. The van der Waals surface area contributed by atoms with Gasteiger partial charge in [0.2, 0.25) is 5.91 Å². The lowest BCUT2D eigenvalue weighted by Gasteiger charge is -2.37. The average Bonchev–Trinajstić information content (AvgIpc) is 3.21. The Morgan fingerprint density at radius 2 is 2.03 bits per heavy atom. The summed E-state index contributed by atoms with van der Waals surface area (Å²) in [7, 11) is 1.94. The van der Waals surface area contributed by atoms with Crippen molar-refractivity contribution in [3.05, 3.63) is 18.0 Å². The Labute approximate surface area is 167 Å². The fraction of sp³-hybridized carbons (Fsp3) is 0.722. The molecule has 1 amide bonds. The van der Waals surface area contributed by atoms with Crippen LogP contribution in [-0.4, -0.2) is 69.2 Å². The molecule has 2 fully saturated rings. The second kappa shape index (κ2) is 9.57. The fourth-order valence-corrected chi connectivity index (χ4v) is 3.63. The van der Waals surface area contributed by atoms with Gasteiger partial charge in [0.25, 0.3) is 0 Å². The molecule has 29 heavy (non-hydrogen) atoms. The van der Waals surface area contributed by atoms with E-state index < -0.39 is 12.1 Å². The number of morpholine rings is 1. The van der Waals surface area contributed by atoms with Crippen LogP contribution in [0.5, 0.6) is 0 Å². The summed E-state index contributed by atoms with van der Waals surface area (Å²) in [6, 6.07) is 0.541. The maximum atomic E-state index is 12.3. The van der Waals surface area contributed by atoms with Gasteiger partial charge in [-0.2, -0.15) is 18.3 Å². The second-order valence-electron chi connectivity index (χ2n) is 7.60. The highest BCUT2D eigenvalue weighted by Crippen LogP contribution is 2.35. The number of amides is 1. The van der Waals surface area contributed by atoms with E-state index in [9.17, 15) is 18.0 Å². The Hall–Kier alpha value is -2.14. The van der Waals surface area contributed by atoms with Crippen molar-refractivity contribution >= 4 is 11.9 Å². The molecule has 1 aromatic rings. The zero-order valence-corrected chi connectivity index (χ0v) is 16.6. The highest BCUT2D eigenvalue weighted by molar-refractivity contribution is 5.79. The van der Waals surface area contributed by atoms with Gasteiger partial charge in [-0.3, -0.25) is 14.4 Å². The Bertz CT molecular complexity index is 708. The number of alkyl halides is 3. The number of carbonyl (C=O) groups excluding carboxylic acids is 1. The molecular formula is C18H27F3N4O4. The van der Waals surface area contributed by atoms with Gasteiger partial charge in [-0.25, -0.2) is 4.79 Å². The molecule has 0 radical (unpaired) electrons. The molecule has 2 aliphatic rings. The van der Waals surface area contributed by atoms with Crippen molar-refractivity contribution in [2.75, 3.05) is 13.2 Å². The molecule has 0 unspecified atom stereocenters. The number of aliphatic carboxylic acids is 1. The van der Waals surface area contributed by atoms with Crippen molar-refractivity contribution < 1.29 is 32.6 Å². The number of rotatable bonds is 4. The largest absolute Gasteiger partial charge is 0.490 e. The minimum absolute atomic E-state index is 0.0758. The predicted octanol–water partition coefficient (Wildman–Crippen LogP) is 1.56. The smallest absolute Gasteiger partial charge is 0.475 e.